The number of rotatable bonds is 6. The maximum atomic E-state index is 14.1. The van der Waals surface area contributed by atoms with Crippen LogP contribution in [0.5, 0.6) is 0 Å². The molecule has 0 saturated carbocycles. The Bertz CT molecular complexity index is 590. The zero-order valence-corrected chi connectivity index (χ0v) is 13.6. The van der Waals surface area contributed by atoms with Crippen LogP contribution in [0.15, 0.2) is 29.0 Å². The predicted octanol–water partition coefficient (Wildman–Crippen LogP) is 3.84. The van der Waals surface area contributed by atoms with Crippen LogP contribution in [0.4, 0.5) is 8.78 Å². The van der Waals surface area contributed by atoms with Gasteiger partial charge in [0.25, 0.3) is 0 Å². The Balaban J connectivity index is 2.30. The Morgan fingerprint density at radius 2 is 2.00 bits per heavy atom. The number of nitrogens with zero attached hydrogens (tertiary/aromatic N) is 2. The summed E-state index contributed by atoms with van der Waals surface area (Å²) in [5.74, 6) is -0.303. The van der Waals surface area contributed by atoms with Crippen LogP contribution in [-0.4, -0.2) is 16.6 Å². The summed E-state index contributed by atoms with van der Waals surface area (Å²) >= 11 is 3.09. The molecule has 6 heteroatoms. The smallest absolute Gasteiger partial charge is 0.132 e. The molecule has 0 amide bonds. The molecule has 114 valence electrons. The average Bonchev–Trinajstić information content (AvgIpc) is 2.84. The Morgan fingerprint density at radius 1 is 1.33 bits per heavy atom. The SMILES string of the molecule is CCCn1ccnc1CC(NC)c1c(F)cc(Br)cc1F. The molecule has 0 aliphatic rings. The van der Waals surface area contributed by atoms with Gasteiger partial charge in [-0.2, -0.15) is 0 Å². The minimum atomic E-state index is -0.560. The third-order valence-electron chi connectivity index (χ3n) is 3.39. The zero-order chi connectivity index (χ0) is 15.4. The lowest BCUT2D eigenvalue weighted by atomic mass is 10.0. The van der Waals surface area contributed by atoms with Gasteiger partial charge < -0.3 is 9.88 Å². The summed E-state index contributed by atoms with van der Waals surface area (Å²) in [7, 11) is 1.69. The van der Waals surface area contributed by atoms with E-state index in [2.05, 4.69) is 33.2 Å². The van der Waals surface area contributed by atoms with Crippen molar-refractivity contribution in [2.75, 3.05) is 7.05 Å². The van der Waals surface area contributed by atoms with Crippen molar-refractivity contribution in [3.63, 3.8) is 0 Å². The summed E-state index contributed by atoms with van der Waals surface area (Å²) in [6, 6.07) is 2.10. The fourth-order valence-electron chi connectivity index (χ4n) is 2.39. The van der Waals surface area contributed by atoms with E-state index in [9.17, 15) is 8.78 Å². The first-order valence-corrected chi connectivity index (χ1v) is 7.67. The lowest BCUT2D eigenvalue weighted by Gasteiger charge is -2.19. The summed E-state index contributed by atoms with van der Waals surface area (Å²) < 4.78 is 30.6. The number of halogens is 3. The first-order chi connectivity index (χ1) is 10.1. The van der Waals surface area contributed by atoms with Crippen LogP contribution in [0.1, 0.15) is 30.8 Å². The molecule has 1 unspecified atom stereocenters. The number of likely N-dealkylation sites (N-methyl/N-ethyl adjacent to an activating group) is 1. The largest absolute Gasteiger partial charge is 0.335 e. The summed E-state index contributed by atoms with van der Waals surface area (Å²) in [5, 5.41) is 2.98. The highest BCUT2D eigenvalue weighted by atomic mass is 79.9. The van der Waals surface area contributed by atoms with E-state index < -0.39 is 17.7 Å². The van der Waals surface area contributed by atoms with Crippen molar-refractivity contribution in [1.82, 2.24) is 14.9 Å². The predicted molar refractivity (Wildman–Crippen MR) is 82.1 cm³/mol. The van der Waals surface area contributed by atoms with Crippen molar-refractivity contribution in [2.45, 2.75) is 32.4 Å². The number of imidazole rings is 1. The molecule has 21 heavy (non-hydrogen) atoms. The molecule has 1 N–H and O–H groups in total. The van der Waals surface area contributed by atoms with Gasteiger partial charge in [0.2, 0.25) is 0 Å². The zero-order valence-electron chi connectivity index (χ0n) is 12.0. The van der Waals surface area contributed by atoms with Crippen molar-refractivity contribution >= 4 is 15.9 Å². The molecule has 0 aliphatic heterocycles. The molecule has 0 fully saturated rings. The van der Waals surface area contributed by atoms with Crippen molar-refractivity contribution in [3.8, 4) is 0 Å². The molecule has 3 nitrogen and oxygen atoms in total. The standard InChI is InChI=1S/C15H18BrF2N3/c1-3-5-21-6-4-20-14(21)9-13(19-2)15-11(17)7-10(16)8-12(15)18/h4,6-8,13,19H,3,5,9H2,1-2H3. The van der Waals surface area contributed by atoms with E-state index in [1.54, 1.807) is 13.2 Å². The van der Waals surface area contributed by atoms with E-state index in [-0.39, 0.29) is 5.56 Å². The van der Waals surface area contributed by atoms with Crippen molar-refractivity contribution < 1.29 is 8.78 Å². The van der Waals surface area contributed by atoms with Crippen LogP contribution in [0, 0.1) is 11.6 Å². The molecule has 1 aromatic heterocycles. The van der Waals surface area contributed by atoms with E-state index in [1.807, 2.05) is 10.8 Å². The second-order valence-electron chi connectivity index (χ2n) is 4.87. The molecule has 0 bridgehead atoms. The van der Waals surface area contributed by atoms with E-state index in [1.165, 1.54) is 12.1 Å². The second kappa shape index (κ2) is 7.13. The quantitative estimate of drug-likeness (QED) is 0.851. The van der Waals surface area contributed by atoms with Gasteiger partial charge in [0.05, 0.1) is 0 Å². The second-order valence-corrected chi connectivity index (χ2v) is 5.78. The summed E-state index contributed by atoms with van der Waals surface area (Å²) in [5.41, 5.74) is 0.0479. The maximum absolute atomic E-state index is 14.1. The lowest BCUT2D eigenvalue weighted by Crippen LogP contribution is -2.23. The number of aryl methyl sites for hydroxylation is 1. The topological polar surface area (TPSA) is 29.9 Å². The molecule has 2 aromatic rings. The normalized spacial score (nSPS) is 12.6. The van der Waals surface area contributed by atoms with Crippen molar-refractivity contribution in [3.05, 3.63) is 52.0 Å². The average molecular weight is 358 g/mol. The van der Waals surface area contributed by atoms with Gasteiger partial charge in [-0.25, -0.2) is 13.8 Å². The first kappa shape index (κ1) is 16.1. The number of hydrogen-bond donors (Lipinski definition) is 1. The van der Waals surface area contributed by atoms with Crippen LogP contribution in [0.2, 0.25) is 0 Å². The third kappa shape index (κ3) is 3.68. The Labute approximate surface area is 131 Å². The molecule has 2 rings (SSSR count). The summed E-state index contributed by atoms with van der Waals surface area (Å²) in [4.78, 5) is 4.29. The van der Waals surface area contributed by atoms with Gasteiger partial charge in [-0.05, 0) is 25.6 Å². The van der Waals surface area contributed by atoms with Crippen LogP contribution >= 0.6 is 15.9 Å². The number of aromatic nitrogens is 2. The van der Waals surface area contributed by atoms with Crippen LogP contribution < -0.4 is 5.32 Å². The summed E-state index contributed by atoms with van der Waals surface area (Å²) in [6.45, 7) is 2.92. The van der Waals surface area contributed by atoms with E-state index in [0.717, 1.165) is 18.8 Å². The number of nitrogens with one attached hydrogen (secondary N) is 1. The Hall–Kier alpha value is -1.27. The molecular weight excluding hydrogens is 340 g/mol. The molecular formula is C15H18BrF2N3. The Kier molecular flexibility index (Phi) is 5.47. The molecule has 0 spiro atoms. The highest BCUT2D eigenvalue weighted by Gasteiger charge is 2.21. The summed E-state index contributed by atoms with van der Waals surface area (Å²) in [6.07, 6.45) is 5.01. The third-order valence-corrected chi connectivity index (χ3v) is 3.85. The van der Waals surface area contributed by atoms with Gasteiger partial charge in [-0.15, -0.1) is 0 Å². The number of hydrogen-bond acceptors (Lipinski definition) is 2. The van der Waals surface area contributed by atoms with Gasteiger partial charge in [-0.3, -0.25) is 0 Å². The monoisotopic (exact) mass is 357 g/mol. The minimum absolute atomic E-state index is 0.0479. The first-order valence-electron chi connectivity index (χ1n) is 6.88. The van der Waals surface area contributed by atoms with E-state index in [0.29, 0.717) is 10.9 Å². The maximum Gasteiger partial charge on any atom is 0.132 e. The van der Waals surface area contributed by atoms with Crippen molar-refractivity contribution in [2.24, 2.45) is 0 Å². The molecule has 0 saturated heterocycles. The molecule has 0 radical (unpaired) electrons. The molecule has 1 heterocycles. The molecule has 1 aromatic carbocycles. The van der Waals surface area contributed by atoms with Gasteiger partial charge in [-0.1, -0.05) is 22.9 Å². The Morgan fingerprint density at radius 3 is 2.57 bits per heavy atom. The minimum Gasteiger partial charge on any atom is -0.335 e. The van der Waals surface area contributed by atoms with Crippen LogP contribution in [0.25, 0.3) is 0 Å². The van der Waals surface area contributed by atoms with Gasteiger partial charge in [0.1, 0.15) is 17.5 Å². The van der Waals surface area contributed by atoms with E-state index in [4.69, 9.17) is 0 Å². The van der Waals surface area contributed by atoms with Gasteiger partial charge >= 0.3 is 0 Å². The fraction of sp³-hybridized carbons (Fsp3) is 0.400. The highest BCUT2D eigenvalue weighted by Crippen LogP contribution is 2.26. The van der Waals surface area contributed by atoms with Crippen LogP contribution in [0.3, 0.4) is 0 Å². The highest BCUT2D eigenvalue weighted by molar-refractivity contribution is 9.10. The van der Waals surface area contributed by atoms with Crippen molar-refractivity contribution in [1.29, 1.82) is 0 Å². The lowest BCUT2D eigenvalue weighted by molar-refractivity contribution is 0.474. The van der Waals surface area contributed by atoms with Gasteiger partial charge in [0, 0.05) is 41.4 Å². The number of benzene rings is 1. The molecule has 0 aliphatic carbocycles. The van der Waals surface area contributed by atoms with E-state index >= 15 is 0 Å². The van der Waals surface area contributed by atoms with Crippen LogP contribution in [-0.2, 0) is 13.0 Å². The fourth-order valence-corrected chi connectivity index (χ4v) is 2.79. The van der Waals surface area contributed by atoms with Gasteiger partial charge in [0.15, 0.2) is 0 Å². The molecule has 1 atom stereocenters.